The molecule has 0 radical (unpaired) electrons. The first-order chi connectivity index (χ1) is 10.0. The van der Waals surface area contributed by atoms with Gasteiger partial charge in [-0.25, -0.2) is 0 Å². The maximum absolute atomic E-state index is 12.1. The Morgan fingerprint density at radius 2 is 1.76 bits per heavy atom. The predicted molar refractivity (Wildman–Crippen MR) is 88.2 cm³/mol. The Morgan fingerprint density at radius 3 is 2.33 bits per heavy atom. The van der Waals surface area contributed by atoms with Gasteiger partial charge in [0, 0.05) is 32.7 Å². The van der Waals surface area contributed by atoms with E-state index in [1.165, 1.54) is 19.4 Å². The third-order valence-electron chi connectivity index (χ3n) is 4.20. The van der Waals surface area contributed by atoms with E-state index in [1.54, 1.807) is 0 Å². The lowest BCUT2D eigenvalue weighted by Crippen LogP contribution is -2.54. The first kappa shape index (κ1) is 18.4. The Labute approximate surface area is 130 Å². The quantitative estimate of drug-likeness (QED) is 0.621. The fourth-order valence-corrected chi connectivity index (χ4v) is 2.65. The lowest BCUT2D eigenvalue weighted by Gasteiger charge is -2.37. The first-order valence-corrected chi connectivity index (χ1v) is 8.48. The molecule has 1 aliphatic heterocycles. The van der Waals surface area contributed by atoms with Gasteiger partial charge in [0.25, 0.3) is 0 Å². The smallest absolute Gasteiger partial charge is 0.237 e. The number of nitrogens with one attached hydrogen (secondary N) is 1. The zero-order chi connectivity index (χ0) is 15.7. The van der Waals surface area contributed by atoms with E-state index in [2.05, 4.69) is 29.0 Å². The molecule has 1 rings (SSSR count). The molecule has 21 heavy (non-hydrogen) atoms. The molecule has 0 saturated carbocycles. The average molecular weight is 298 g/mol. The highest BCUT2D eigenvalue weighted by Gasteiger charge is 2.25. The van der Waals surface area contributed by atoms with Crippen LogP contribution >= 0.6 is 0 Å². The van der Waals surface area contributed by atoms with Crippen LogP contribution in [0.15, 0.2) is 0 Å². The Kier molecular flexibility index (Phi) is 8.88. The summed E-state index contributed by atoms with van der Waals surface area (Å²) in [6, 6.07) is -0.0110. The van der Waals surface area contributed by atoms with Crippen LogP contribution in [0.1, 0.15) is 40.0 Å². The molecule has 1 unspecified atom stereocenters. The van der Waals surface area contributed by atoms with Crippen LogP contribution in [0, 0.1) is 5.92 Å². The number of piperazine rings is 1. The van der Waals surface area contributed by atoms with E-state index in [0.29, 0.717) is 5.92 Å². The standard InChI is InChI=1S/C16H34N4O/c1-14(2)13-18-16(21)15(3)20-11-9-19(10-12-20)8-6-4-5-7-17/h14-15H,4-13,17H2,1-3H3,(H,18,21). The van der Waals surface area contributed by atoms with Crippen molar-refractivity contribution in [3.63, 3.8) is 0 Å². The van der Waals surface area contributed by atoms with Crippen LogP contribution in [0.2, 0.25) is 0 Å². The first-order valence-electron chi connectivity index (χ1n) is 8.48. The molecule has 1 heterocycles. The van der Waals surface area contributed by atoms with Crippen LogP contribution in [0.5, 0.6) is 0 Å². The number of unbranched alkanes of at least 4 members (excludes halogenated alkanes) is 2. The number of hydrogen-bond acceptors (Lipinski definition) is 4. The zero-order valence-corrected chi connectivity index (χ0v) is 14.1. The Hall–Kier alpha value is -0.650. The van der Waals surface area contributed by atoms with Gasteiger partial charge in [0.2, 0.25) is 5.91 Å². The van der Waals surface area contributed by atoms with Crippen molar-refractivity contribution >= 4 is 5.91 Å². The van der Waals surface area contributed by atoms with Crippen molar-refractivity contribution in [2.24, 2.45) is 11.7 Å². The monoisotopic (exact) mass is 298 g/mol. The van der Waals surface area contributed by atoms with E-state index in [-0.39, 0.29) is 11.9 Å². The number of nitrogens with zero attached hydrogens (tertiary/aromatic N) is 2. The van der Waals surface area contributed by atoms with E-state index < -0.39 is 0 Å². The number of carbonyl (C=O) groups is 1. The highest BCUT2D eigenvalue weighted by Crippen LogP contribution is 2.08. The summed E-state index contributed by atoms with van der Waals surface area (Å²) >= 11 is 0. The lowest BCUT2D eigenvalue weighted by atomic mass is 10.1. The highest BCUT2D eigenvalue weighted by atomic mass is 16.2. The van der Waals surface area contributed by atoms with Crippen molar-refractivity contribution in [2.45, 2.75) is 46.1 Å². The van der Waals surface area contributed by atoms with Crippen LogP contribution in [-0.2, 0) is 4.79 Å². The SMILES string of the molecule is CC(C)CNC(=O)C(C)N1CCN(CCCCCN)CC1. The summed E-state index contributed by atoms with van der Waals surface area (Å²) in [5.74, 6) is 0.673. The van der Waals surface area contributed by atoms with Gasteiger partial charge in [-0.05, 0) is 38.8 Å². The molecule has 1 atom stereocenters. The van der Waals surface area contributed by atoms with E-state index in [1.807, 2.05) is 6.92 Å². The fourth-order valence-electron chi connectivity index (χ4n) is 2.65. The van der Waals surface area contributed by atoms with Gasteiger partial charge < -0.3 is 16.0 Å². The summed E-state index contributed by atoms with van der Waals surface area (Å²) in [5.41, 5.74) is 5.51. The second kappa shape index (κ2) is 10.1. The van der Waals surface area contributed by atoms with Gasteiger partial charge in [-0.15, -0.1) is 0 Å². The van der Waals surface area contributed by atoms with Gasteiger partial charge >= 0.3 is 0 Å². The third kappa shape index (κ3) is 7.25. The molecule has 1 fully saturated rings. The number of amides is 1. The molecule has 1 saturated heterocycles. The molecule has 0 spiro atoms. The highest BCUT2D eigenvalue weighted by molar-refractivity contribution is 5.81. The summed E-state index contributed by atoms with van der Waals surface area (Å²) in [4.78, 5) is 16.9. The molecular weight excluding hydrogens is 264 g/mol. The fraction of sp³-hybridized carbons (Fsp3) is 0.938. The van der Waals surface area contributed by atoms with E-state index in [0.717, 1.165) is 45.7 Å². The third-order valence-corrected chi connectivity index (χ3v) is 4.20. The molecule has 0 bridgehead atoms. The minimum Gasteiger partial charge on any atom is -0.354 e. The van der Waals surface area contributed by atoms with Crippen LogP contribution in [0.3, 0.4) is 0 Å². The van der Waals surface area contributed by atoms with E-state index in [9.17, 15) is 4.79 Å². The normalized spacial score (nSPS) is 18.9. The summed E-state index contributed by atoms with van der Waals surface area (Å²) in [6.45, 7) is 13.1. The van der Waals surface area contributed by atoms with Gasteiger partial charge in [0.05, 0.1) is 6.04 Å². The van der Waals surface area contributed by atoms with Gasteiger partial charge in [-0.1, -0.05) is 20.3 Å². The van der Waals surface area contributed by atoms with Gasteiger partial charge in [0.15, 0.2) is 0 Å². The van der Waals surface area contributed by atoms with Crippen molar-refractivity contribution < 1.29 is 4.79 Å². The predicted octanol–water partition coefficient (Wildman–Crippen LogP) is 0.894. The van der Waals surface area contributed by atoms with Crippen molar-refractivity contribution in [1.82, 2.24) is 15.1 Å². The largest absolute Gasteiger partial charge is 0.354 e. The number of rotatable bonds is 9. The van der Waals surface area contributed by atoms with Crippen LogP contribution < -0.4 is 11.1 Å². The van der Waals surface area contributed by atoms with Crippen molar-refractivity contribution in [3.8, 4) is 0 Å². The Morgan fingerprint density at radius 1 is 1.10 bits per heavy atom. The van der Waals surface area contributed by atoms with E-state index >= 15 is 0 Å². The van der Waals surface area contributed by atoms with Crippen molar-refractivity contribution in [3.05, 3.63) is 0 Å². The molecule has 0 aromatic heterocycles. The minimum absolute atomic E-state index is 0.0110. The Balaban J connectivity index is 2.20. The maximum Gasteiger partial charge on any atom is 0.237 e. The van der Waals surface area contributed by atoms with Crippen molar-refractivity contribution in [2.75, 3.05) is 45.8 Å². The summed E-state index contributed by atoms with van der Waals surface area (Å²) < 4.78 is 0. The summed E-state index contributed by atoms with van der Waals surface area (Å²) in [6.07, 6.45) is 3.60. The van der Waals surface area contributed by atoms with Crippen LogP contribution in [-0.4, -0.2) is 67.6 Å². The molecule has 0 aromatic carbocycles. The molecule has 5 nitrogen and oxygen atoms in total. The Bertz CT molecular complexity index is 288. The molecule has 3 N–H and O–H groups in total. The zero-order valence-electron chi connectivity index (χ0n) is 14.1. The van der Waals surface area contributed by atoms with E-state index in [4.69, 9.17) is 5.73 Å². The van der Waals surface area contributed by atoms with Crippen molar-refractivity contribution in [1.29, 1.82) is 0 Å². The minimum atomic E-state index is -0.0110. The number of hydrogen-bond donors (Lipinski definition) is 2. The maximum atomic E-state index is 12.1. The van der Waals surface area contributed by atoms with Crippen LogP contribution in [0.4, 0.5) is 0 Å². The second-order valence-corrected chi connectivity index (χ2v) is 6.54. The van der Waals surface area contributed by atoms with Gasteiger partial charge in [0.1, 0.15) is 0 Å². The molecular formula is C16H34N4O. The summed E-state index contributed by atoms with van der Waals surface area (Å²) in [5, 5.41) is 3.03. The molecule has 0 aromatic rings. The molecule has 1 amide bonds. The topological polar surface area (TPSA) is 61.6 Å². The molecule has 5 heteroatoms. The number of nitrogens with two attached hydrogens (primary N) is 1. The summed E-state index contributed by atoms with van der Waals surface area (Å²) in [7, 11) is 0. The van der Waals surface area contributed by atoms with Gasteiger partial charge in [-0.3, -0.25) is 9.69 Å². The van der Waals surface area contributed by atoms with Crippen LogP contribution in [0.25, 0.3) is 0 Å². The lowest BCUT2D eigenvalue weighted by molar-refractivity contribution is -0.126. The second-order valence-electron chi connectivity index (χ2n) is 6.54. The number of carbonyl (C=O) groups excluding carboxylic acids is 1. The molecule has 124 valence electrons. The van der Waals surface area contributed by atoms with Gasteiger partial charge in [-0.2, -0.15) is 0 Å². The average Bonchev–Trinajstić information content (AvgIpc) is 2.49. The molecule has 1 aliphatic rings. The molecule has 0 aliphatic carbocycles.